The molecule has 20 heavy (non-hydrogen) atoms. The molecule has 0 spiro atoms. The van der Waals surface area contributed by atoms with E-state index in [1.807, 2.05) is 25.1 Å². The molecule has 0 aliphatic rings. The highest BCUT2D eigenvalue weighted by atomic mass is 79.9. The summed E-state index contributed by atoms with van der Waals surface area (Å²) in [5.41, 5.74) is 8.49. The molecule has 2 aromatic carbocycles. The van der Waals surface area contributed by atoms with E-state index in [2.05, 4.69) is 53.1 Å². The number of hydrogen-bond donors (Lipinski definition) is 2. The second kappa shape index (κ2) is 6.28. The number of amides is 1. The summed E-state index contributed by atoms with van der Waals surface area (Å²) in [6, 6.07) is 9.08. The molecule has 3 nitrogen and oxygen atoms in total. The monoisotopic (exact) mass is 460 g/mol. The minimum absolute atomic E-state index is 0.244. The van der Waals surface area contributed by atoms with Crippen molar-refractivity contribution in [3.63, 3.8) is 0 Å². The van der Waals surface area contributed by atoms with Crippen molar-refractivity contribution in [2.75, 3.05) is 11.1 Å². The highest BCUT2D eigenvalue weighted by Crippen LogP contribution is 2.34. The second-order valence-corrected chi connectivity index (χ2v) is 6.91. The van der Waals surface area contributed by atoms with Crippen molar-refractivity contribution in [2.24, 2.45) is 0 Å². The number of nitrogens with one attached hydrogen (secondary N) is 1. The molecular formula is C14H11Br3N2O. The quantitative estimate of drug-likeness (QED) is 0.609. The Hall–Kier alpha value is -0.850. The van der Waals surface area contributed by atoms with Crippen LogP contribution in [0.15, 0.2) is 43.7 Å². The van der Waals surface area contributed by atoms with Crippen LogP contribution >= 0.6 is 47.8 Å². The van der Waals surface area contributed by atoms with Gasteiger partial charge in [-0.05, 0) is 68.6 Å². The zero-order chi connectivity index (χ0) is 14.9. The molecule has 1 amide bonds. The fraction of sp³-hybridized carbons (Fsp3) is 0.0714. The fourth-order valence-corrected chi connectivity index (χ4v) is 4.19. The van der Waals surface area contributed by atoms with Gasteiger partial charge in [-0.1, -0.05) is 22.0 Å². The maximum atomic E-state index is 12.3. The molecule has 0 fully saturated rings. The molecule has 104 valence electrons. The van der Waals surface area contributed by atoms with Gasteiger partial charge in [-0.2, -0.15) is 0 Å². The van der Waals surface area contributed by atoms with Gasteiger partial charge in [-0.3, -0.25) is 4.79 Å². The number of carbonyl (C=O) groups excluding carboxylic acids is 1. The molecule has 6 heteroatoms. The number of halogens is 3. The Labute approximate surface area is 142 Å². The number of anilines is 2. The highest BCUT2D eigenvalue weighted by Gasteiger charge is 2.14. The minimum Gasteiger partial charge on any atom is -0.398 e. The van der Waals surface area contributed by atoms with E-state index in [9.17, 15) is 4.79 Å². The van der Waals surface area contributed by atoms with Gasteiger partial charge in [-0.25, -0.2) is 0 Å². The van der Waals surface area contributed by atoms with Gasteiger partial charge in [0.1, 0.15) is 0 Å². The first kappa shape index (κ1) is 15.5. The van der Waals surface area contributed by atoms with Crippen LogP contribution in [0.4, 0.5) is 11.4 Å². The third-order valence-electron chi connectivity index (χ3n) is 2.70. The predicted octanol–water partition coefficient (Wildman–Crippen LogP) is 5.12. The van der Waals surface area contributed by atoms with E-state index in [1.165, 1.54) is 0 Å². The van der Waals surface area contributed by atoms with Crippen LogP contribution in [-0.4, -0.2) is 5.91 Å². The van der Waals surface area contributed by atoms with E-state index in [-0.39, 0.29) is 5.91 Å². The van der Waals surface area contributed by atoms with E-state index in [4.69, 9.17) is 5.73 Å². The van der Waals surface area contributed by atoms with E-state index in [0.717, 1.165) is 19.0 Å². The Bertz CT molecular complexity index is 663. The normalized spacial score (nSPS) is 10.4. The van der Waals surface area contributed by atoms with Crippen LogP contribution in [0, 0.1) is 6.92 Å². The van der Waals surface area contributed by atoms with Gasteiger partial charge in [0.25, 0.3) is 5.91 Å². The minimum atomic E-state index is -0.244. The summed E-state index contributed by atoms with van der Waals surface area (Å²) < 4.78 is 2.46. The van der Waals surface area contributed by atoms with Crippen molar-refractivity contribution >= 4 is 65.1 Å². The van der Waals surface area contributed by atoms with Crippen LogP contribution in [-0.2, 0) is 0 Å². The summed E-state index contributed by atoms with van der Waals surface area (Å²) in [6.45, 7) is 1.93. The molecule has 0 radical (unpaired) electrons. The number of aryl methyl sites for hydroxylation is 1. The number of hydrogen-bond acceptors (Lipinski definition) is 2. The summed E-state index contributed by atoms with van der Waals surface area (Å²) in [7, 11) is 0. The van der Waals surface area contributed by atoms with E-state index < -0.39 is 0 Å². The maximum Gasteiger partial charge on any atom is 0.257 e. The third kappa shape index (κ3) is 3.42. The first-order valence-corrected chi connectivity index (χ1v) is 8.08. The van der Waals surface area contributed by atoms with Crippen LogP contribution in [0.3, 0.4) is 0 Å². The van der Waals surface area contributed by atoms with Gasteiger partial charge in [0, 0.05) is 19.1 Å². The topological polar surface area (TPSA) is 55.1 Å². The Kier molecular flexibility index (Phi) is 4.88. The summed E-state index contributed by atoms with van der Waals surface area (Å²) in [4.78, 5) is 12.3. The molecule has 0 aromatic heterocycles. The molecule has 0 unspecified atom stereocenters. The average molecular weight is 463 g/mol. The van der Waals surface area contributed by atoms with Crippen molar-refractivity contribution in [2.45, 2.75) is 6.92 Å². The van der Waals surface area contributed by atoms with Crippen LogP contribution in [0.2, 0.25) is 0 Å². The number of nitrogens with two attached hydrogens (primary N) is 1. The lowest BCUT2D eigenvalue weighted by Crippen LogP contribution is -2.14. The standard InChI is InChI=1S/C14H11Br3N2O/c1-7-2-3-9(12(18)4-7)14(20)19-13-10(16)5-8(15)6-11(13)17/h2-6H,18H2,1H3,(H,19,20). The van der Waals surface area contributed by atoms with Crippen molar-refractivity contribution in [1.29, 1.82) is 0 Å². The van der Waals surface area contributed by atoms with Crippen molar-refractivity contribution < 1.29 is 4.79 Å². The Balaban J connectivity index is 2.33. The molecular weight excluding hydrogens is 452 g/mol. The zero-order valence-electron chi connectivity index (χ0n) is 10.5. The van der Waals surface area contributed by atoms with Crippen LogP contribution in [0.25, 0.3) is 0 Å². The molecule has 3 N–H and O–H groups in total. The van der Waals surface area contributed by atoms with E-state index in [0.29, 0.717) is 16.9 Å². The second-order valence-electron chi connectivity index (χ2n) is 4.29. The Morgan fingerprint density at radius 3 is 2.25 bits per heavy atom. The molecule has 2 rings (SSSR count). The van der Waals surface area contributed by atoms with Crippen molar-refractivity contribution in [3.8, 4) is 0 Å². The summed E-state index contributed by atoms with van der Waals surface area (Å²) >= 11 is 10.2. The first-order chi connectivity index (χ1) is 9.38. The highest BCUT2D eigenvalue weighted by molar-refractivity contribution is 9.11. The van der Waals surface area contributed by atoms with Gasteiger partial charge in [0.05, 0.1) is 11.3 Å². The average Bonchev–Trinajstić information content (AvgIpc) is 2.33. The van der Waals surface area contributed by atoms with E-state index in [1.54, 1.807) is 12.1 Å². The van der Waals surface area contributed by atoms with Crippen LogP contribution in [0.1, 0.15) is 15.9 Å². The Morgan fingerprint density at radius 2 is 1.70 bits per heavy atom. The lowest BCUT2D eigenvalue weighted by molar-refractivity contribution is 0.102. The molecule has 0 saturated heterocycles. The number of carbonyl (C=O) groups is 1. The predicted molar refractivity (Wildman–Crippen MR) is 93.1 cm³/mol. The molecule has 0 heterocycles. The zero-order valence-corrected chi connectivity index (χ0v) is 15.3. The molecule has 0 saturated carbocycles. The fourth-order valence-electron chi connectivity index (χ4n) is 1.73. The first-order valence-electron chi connectivity index (χ1n) is 5.70. The molecule has 0 aliphatic carbocycles. The van der Waals surface area contributed by atoms with Crippen LogP contribution in [0.5, 0.6) is 0 Å². The smallest absolute Gasteiger partial charge is 0.257 e. The van der Waals surface area contributed by atoms with Gasteiger partial charge >= 0.3 is 0 Å². The van der Waals surface area contributed by atoms with Crippen molar-refractivity contribution in [3.05, 3.63) is 54.9 Å². The van der Waals surface area contributed by atoms with Gasteiger partial charge in [-0.15, -0.1) is 0 Å². The lowest BCUT2D eigenvalue weighted by Gasteiger charge is -2.12. The summed E-state index contributed by atoms with van der Waals surface area (Å²) in [5, 5.41) is 2.85. The van der Waals surface area contributed by atoms with E-state index >= 15 is 0 Å². The molecule has 0 aliphatic heterocycles. The molecule has 2 aromatic rings. The Morgan fingerprint density at radius 1 is 1.10 bits per heavy atom. The number of benzene rings is 2. The number of nitrogen functional groups attached to an aromatic ring is 1. The van der Waals surface area contributed by atoms with Gasteiger partial charge in [0.15, 0.2) is 0 Å². The summed E-state index contributed by atoms with van der Waals surface area (Å²) in [6.07, 6.45) is 0. The van der Waals surface area contributed by atoms with Crippen molar-refractivity contribution in [1.82, 2.24) is 0 Å². The lowest BCUT2D eigenvalue weighted by atomic mass is 10.1. The maximum absolute atomic E-state index is 12.3. The summed E-state index contributed by atoms with van der Waals surface area (Å²) in [5.74, 6) is -0.244. The van der Waals surface area contributed by atoms with Gasteiger partial charge in [0.2, 0.25) is 0 Å². The number of rotatable bonds is 2. The van der Waals surface area contributed by atoms with Crippen LogP contribution < -0.4 is 11.1 Å². The molecule has 0 bridgehead atoms. The largest absolute Gasteiger partial charge is 0.398 e. The SMILES string of the molecule is Cc1ccc(C(=O)Nc2c(Br)cc(Br)cc2Br)c(N)c1. The third-order valence-corrected chi connectivity index (χ3v) is 4.41. The molecule has 0 atom stereocenters. The van der Waals surface area contributed by atoms with Gasteiger partial charge < -0.3 is 11.1 Å².